The average molecular weight is 537 g/mol. The molecule has 0 fully saturated rings. The number of benzene rings is 1. The van der Waals surface area contributed by atoms with E-state index in [0.717, 1.165) is 42.7 Å². The van der Waals surface area contributed by atoms with Crippen LogP contribution in [0.5, 0.6) is 0 Å². The SMILES string of the molecule is CCCN(CCC)c1nc(N)nc2cc(I)c3c(ccn3C)c12.O=C(O)C(F)(F)F. The zero-order valence-electron chi connectivity index (χ0n) is 16.8. The lowest BCUT2D eigenvalue weighted by atomic mass is 10.1. The van der Waals surface area contributed by atoms with Crippen molar-refractivity contribution in [1.29, 1.82) is 0 Å². The van der Waals surface area contributed by atoms with Gasteiger partial charge in [0.2, 0.25) is 5.95 Å². The van der Waals surface area contributed by atoms with Crippen molar-refractivity contribution in [3.63, 3.8) is 0 Å². The third kappa shape index (κ3) is 5.24. The molecule has 164 valence electrons. The molecule has 0 saturated carbocycles. The van der Waals surface area contributed by atoms with Crippen LogP contribution in [0.1, 0.15) is 26.7 Å². The maximum atomic E-state index is 10.6. The van der Waals surface area contributed by atoms with Gasteiger partial charge in [0.15, 0.2) is 0 Å². The summed E-state index contributed by atoms with van der Waals surface area (Å²) in [4.78, 5) is 20.3. The standard InChI is InChI=1S/C17H22IN5.C2HF3O2/c1-4-7-23(8-5-2)16-14-11-6-9-22(3)15(11)12(18)10-13(14)20-17(19)21-16;3-2(4,5)1(6)7/h6,9-10H,4-5,7-8H2,1-3H3,(H2,19,20,21);(H,6,7). The van der Waals surface area contributed by atoms with Gasteiger partial charge < -0.3 is 20.3 Å². The van der Waals surface area contributed by atoms with Crippen LogP contribution in [0.25, 0.3) is 21.8 Å². The monoisotopic (exact) mass is 537 g/mol. The van der Waals surface area contributed by atoms with Gasteiger partial charge in [-0.2, -0.15) is 18.2 Å². The third-order valence-electron chi connectivity index (χ3n) is 4.30. The number of aryl methyl sites for hydroxylation is 1. The van der Waals surface area contributed by atoms with Crippen LogP contribution < -0.4 is 10.6 Å². The van der Waals surface area contributed by atoms with Gasteiger partial charge in [-0.25, -0.2) is 9.78 Å². The maximum Gasteiger partial charge on any atom is 0.490 e. The van der Waals surface area contributed by atoms with E-state index >= 15 is 0 Å². The number of fused-ring (bicyclic) bond motifs is 3. The molecule has 1 aromatic carbocycles. The summed E-state index contributed by atoms with van der Waals surface area (Å²) in [6.45, 7) is 6.33. The first kappa shape index (κ1) is 24.0. The number of nitrogens with two attached hydrogens (primary N) is 1. The second-order valence-electron chi connectivity index (χ2n) is 6.64. The van der Waals surface area contributed by atoms with Crippen molar-refractivity contribution >= 4 is 62.1 Å². The summed E-state index contributed by atoms with van der Waals surface area (Å²) < 4.78 is 35.1. The minimum absolute atomic E-state index is 0.343. The van der Waals surface area contributed by atoms with Crippen LogP contribution in [0.3, 0.4) is 0 Å². The lowest BCUT2D eigenvalue weighted by molar-refractivity contribution is -0.192. The fourth-order valence-electron chi connectivity index (χ4n) is 3.16. The van der Waals surface area contributed by atoms with Gasteiger partial charge >= 0.3 is 12.1 Å². The smallest absolute Gasteiger partial charge is 0.475 e. The first-order chi connectivity index (χ1) is 14.0. The Labute approximate surface area is 185 Å². The van der Waals surface area contributed by atoms with E-state index in [-0.39, 0.29) is 0 Å². The van der Waals surface area contributed by atoms with Gasteiger partial charge in [0, 0.05) is 35.3 Å². The summed E-state index contributed by atoms with van der Waals surface area (Å²) in [5.41, 5.74) is 8.14. The molecule has 0 spiro atoms. The lowest BCUT2D eigenvalue weighted by Gasteiger charge is -2.24. The molecule has 0 aliphatic heterocycles. The molecule has 0 amide bonds. The van der Waals surface area contributed by atoms with Crippen molar-refractivity contribution in [3.8, 4) is 0 Å². The Morgan fingerprint density at radius 3 is 2.33 bits per heavy atom. The van der Waals surface area contributed by atoms with Gasteiger partial charge in [-0.3, -0.25) is 0 Å². The molecule has 0 saturated heterocycles. The normalized spacial score (nSPS) is 11.4. The highest BCUT2D eigenvalue weighted by atomic mass is 127. The van der Waals surface area contributed by atoms with Crippen LogP contribution in [0, 0.1) is 3.57 Å². The zero-order valence-corrected chi connectivity index (χ0v) is 19.0. The summed E-state index contributed by atoms with van der Waals surface area (Å²) >= 11 is 2.37. The fraction of sp³-hybridized carbons (Fsp3) is 0.421. The molecule has 0 bridgehead atoms. The van der Waals surface area contributed by atoms with Crippen molar-refractivity contribution in [2.75, 3.05) is 23.7 Å². The molecule has 11 heteroatoms. The first-order valence-corrected chi connectivity index (χ1v) is 10.3. The van der Waals surface area contributed by atoms with Crippen LogP contribution in [-0.4, -0.2) is 44.9 Å². The molecule has 3 rings (SSSR count). The van der Waals surface area contributed by atoms with E-state index in [0.29, 0.717) is 5.95 Å². The number of carboxylic acid groups (broad SMARTS) is 1. The van der Waals surface area contributed by atoms with E-state index in [1.54, 1.807) is 0 Å². The number of nitrogens with zero attached hydrogens (tertiary/aromatic N) is 4. The van der Waals surface area contributed by atoms with E-state index in [1.807, 2.05) is 0 Å². The summed E-state index contributed by atoms with van der Waals surface area (Å²) in [6, 6.07) is 4.26. The number of hydrogen-bond donors (Lipinski definition) is 2. The molecule has 2 heterocycles. The molecule has 0 radical (unpaired) electrons. The number of carboxylic acids is 1. The van der Waals surface area contributed by atoms with Crippen LogP contribution in [0.15, 0.2) is 18.3 Å². The van der Waals surface area contributed by atoms with Gasteiger partial charge in [-0.15, -0.1) is 0 Å². The molecule has 0 unspecified atom stereocenters. The number of anilines is 2. The molecule has 0 aliphatic rings. The van der Waals surface area contributed by atoms with Gasteiger partial charge in [-0.05, 0) is 47.6 Å². The molecule has 3 aromatic rings. The quantitative estimate of drug-likeness (QED) is 0.463. The Bertz CT molecular complexity index is 1050. The fourth-order valence-corrected chi connectivity index (χ4v) is 4.12. The summed E-state index contributed by atoms with van der Waals surface area (Å²) in [6.07, 6.45) is -0.836. The molecule has 0 aliphatic carbocycles. The number of aromatic nitrogens is 3. The van der Waals surface area contributed by atoms with E-state index in [2.05, 4.69) is 81.3 Å². The Hall–Kier alpha value is -2.31. The van der Waals surface area contributed by atoms with Crippen molar-refractivity contribution in [3.05, 3.63) is 21.9 Å². The number of nitrogen functional groups attached to an aromatic ring is 1. The highest BCUT2D eigenvalue weighted by Gasteiger charge is 2.38. The summed E-state index contributed by atoms with van der Waals surface area (Å²) in [7, 11) is 2.07. The van der Waals surface area contributed by atoms with Crippen molar-refractivity contribution in [2.24, 2.45) is 7.05 Å². The Balaban J connectivity index is 0.000000396. The Morgan fingerprint density at radius 2 is 1.83 bits per heavy atom. The average Bonchev–Trinajstić information content (AvgIpc) is 3.02. The number of alkyl halides is 3. The number of carbonyl (C=O) groups is 1. The molecule has 7 nitrogen and oxygen atoms in total. The van der Waals surface area contributed by atoms with Gasteiger partial charge in [0.1, 0.15) is 5.82 Å². The third-order valence-corrected chi connectivity index (χ3v) is 5.12. The maximum absolute atomic E-state index is 10.6. The minimum Gasteiger partial charge on any atom is -0.475 e. The highest BCUT2D eigenvalue weighted by Crippen LogP contribution is 2.35. The predicted molar refractivity (Wildman–Crippen MR) is 120 cm³/mol. The van der Waals surface area contributed by atoms with Crippen molar-refractivity contribution in [2.45, 2.75) is 32.9 Å². The molecule has 0 atom stereocenters. The first-order valence-electron chi connectivity index (χ1n) is 9.27. The van der Waals surface area contributed by atoms with Crippen molar-refractivity contribution in [1.82, 2.24) is 14.5 Å². The topological polar surface area (TPSA) is 97.3 Å². The Kier molecular flexibility index (Phi) is 7.72. The van der Waals surface area contributed by atoms with Crippen LogP contribution in [0.4, 0.5) is 24.9 Å². The zero-order chi connectivity index (χ0) is 22.6. The van der Waals surface area contributed by atoms with E-state index in [1.165, 1.54) is 14.5 Å². The predicted octanol–water partition coefficient (Wildman–Crippen LogP) is 4.57. The molecule has 30 heavy (non-hydrogen) atoms. The lowest BCUT2D eigenvalue weighted by Crippen LogP contribution is -2.26. The second-order valence-corrected chi connectivity index (χ2v) is 7.80. The molecule has 3 N–H and O–H groups in total. The second kappa shape index (κ2) is 9.67. The van der Waals surface area contributed by atoms with Crippen molar-refractivity contribution < 1.29 is 23.1 Å². The van der Waals surface area contributed by atoms with E-state index in [4.69, 9.17) is 15.6 Å². The van der Waals surface area contributed by atoms with Crippen LogP contribution in [0.2, 0.25) is 0 Å². The minimum atomic E-state index is -5.08. The highest BCUT2D eigenvalue weighted by molar-refractivity contribution is 14.1. The van der Waals surface area contributed by atoms with E-state index in [9.17, 15) is 13.2 Å². The van der Waals surface area contributed by atoms with Crippen LogP contribution in [-0.2, 0) is 11.8 Å². The van der Waals surface area contributed by atoms with Gasteiger partial charge in [0.25, 0.3) is 0 Å². The number of halogens is 4. The van der Waals surface area contributed by atoms with Crippen LogP contribution >= 0.6 is 22.6 Å². The largest absolute Gasteiger partial charge is 0.490 e. The van der Waals surface area contributed by atoms with E-state index < -0.39 is 12.1 Å². The Morgan fingerprint density at radius 1 is 1.27 bits per heavy atom. The van der Waals surface area contributed by atoms with Gasteiger partial charge in [0.05, 0.1) is 16.4 Å². The summed E-state index contributed by atoms with van der Waals surface area (Å²) in [5.74, 6) is -1.45. The molecular weight excluding hydrogens is 514 g/mol. The number of hydrogen-bond acceptors (Lipinski definition) is 5. The summed E-state index contributed by atoms with van der Waals surface area (Å²) in [5, 5.41) is 9.43. The number of aliphatic carboxylic acids is 1. The number of rotatable bonds is 5. The molecule has 2 aromatic heterocycles. The van der Waals surface area contributed by atoms with Gasteiger partial charge in [-0.1, -0.05) is 13.8 Å². The molecular formula is C19H23F3IN5O2.